The van der Waals surface area contributed by atoms with Crippen LogP contribution in [0.15, 0.2) is 53.2 Å². The Bertz CT molecular complexity index is 1140. The fourth-order valence-electron chi connectivity index (χ4n) is 3.07. The molecular formula is C20H13Cl3N2O5. The van der Waals surface area contributed by atoms with E-state index in [0.717, 1.165) is 0 Å². The summed E-state index contributed by atoms with van der Waals surface area (Å²) in [5.41, 5.74) is 0.604. The first kappa shape index (κ1) is 21.8. The Morgan fingerprint density at radius 2 is 1.77 bits per heavy atom. The number of allylic oxidation sites excluding steroid dienone is 1. The van der Waals surface area contributed by atoms with E-state index in [1.54, 1.807) is 6.92 Å². The number of nitro groups is 1. The zero-order valence-corrected chi connectivity index (χ0v) is 17.9. The number of hydrogen-bond acceptors (Lipinski definition) is 5. The number of carbonyl (C=O) groups is 2. The maximum atomic E-state index is 13.2. The van der Waals surface area contributed by atoms with Gasteiger partial charge in [-0.3, -0.25) is 19.8 Å². The number of amides is 1. The lowest BCUT2D eigenvalue weighted by molar-refractivity contribution is -0.384. The molecule has 1 aliphatic heterocycles. The molecule has 3 rings (SSSR count). The van der Waals surface area contributed by atoms with Crippen LogP contribution in [0.1, 0.15) is 12.5 Å². The van der Waals surface area contributed by atoms with Gasteiger partial charge in [0, 0.05) is 38.5 Å². The number of non-ortho nitro benzene ring substituents is 1. The lowest BCUT2D eigenvalue weighted by Crippen LogP contribution is -2.24. The molecule has 10 heteroatoms. The van der Waals surface area contributed by atoms with Crippen LogP contribution in [0.2, 0.25) is 15.1 Å². The fourth-order valence-corrected chi connectivity index (χ4v) is 3.76. The van der Waals surface area contributed by atoms with E-state index in [2.05, 4.69) is 0 Å². The number of methoxy groups -OCH3 is 1. The van der Waals surface area contributed by atoms with Crippen LogP contribution in [-0.4, -0.2) is 23.9 Å². The molecule has 30 heavy (non-hydrogen) atoms. The van der Waals surface area contributed by atoms with Crippen molar-refractivity contribution in [2.75, 3.05) is 12.0 Å². The van der Waals surface area contributed by atoms with Crippen LogP contribution in [0, 0.1) is 10.1 Å². The molecule has 0 aromatic heterocycles. The number of rotatable bonds is 4. The molecule has 0 radical (unpaired) electrons. The number of nitrogens with zero attached hydrogens (tertiary/aromatic N) is 2. The molecule has 0 unspecified atom stereocenters. The molecular weight excluding hydrogens is 455 g/mol. The van der Waals surface area contributed by atoms with Gasteiger partial charge in [0.25, 0.3) is 11.6 Å². The van der Waals surface area contributed by atoms with Gasteiger partial charge in [0.2, 0.25) is 0 Å². The van der Waals surface area contributed by atoms with Gasteiger partial charge in [-0.15, -0.1) is 0 Å². The second-order valence-corrected chi connectivity index (χ2v) is 7.52. The van der Waals surface area contributed by atoms with Crippen molar-refractivity contribution in [2.45, 2.75) is 6.92 Å². The van der Waals surface area contributed by atoms with Gasteiger partial charge in [0.1, 0.15) is 0 Å². The second kappa shape index (κ2) is 8.47. The van der Waals surface area contributed by atoms with Gasteiger partial charge in [-0.2, -0.15) is 0 Å². The largest absolute Gasteiger partial charge is 0.465 e. The number of ether oxygens (including phenoxy) is 1. The lowest BCUT2D eigenvalue weighted by atomic mass is 10.0. The van der Waals surface area contributed by atoms with Crippen molar-refractivity contribution in [2.24, 2.45) is 0 Å². The van der Waals surface area contributed by atoms with Crippen molar-refractivity contribution in [3.05, 3.63) is 84.0 Å². The van der Waals surface area contributed by atoms with E-state index in [1.807, 2.05) is 0 Å². The lowest BCUT2D eigenvalue weighted by Gasteiger charge is -2.18. The smallest absolute Gasteiger partial charge is 0.340 e. The van der Waals surface area contributed by atoms with Gasteiger partial charge in [-0.1, -0.05) is 34.8 Å². The van der Waals surface area contributed by atoms with Gasteiger partial charge < -0.3 is 4.74 Å². The van der Waals surface area contributed by atoms with Crippen molar-refractivity contribution in [3.8, 4) is 0 Å². The molecule has 0 saturated heterocycles. The average molecular weight is 468 g/mol. The topological polar surface area (TPSA) is 89.8 Å². The first-order chi connectivity index (χ1) is 14.1. The van der Waals surface area contributed by atoms with Crippen LogP contribution in [0.25, 0.3) is 6.08 Å². The Kier molecular flexibility index (Phi) is 6.17. The van der Waals surface area contributed by atoms with Crippen LogP contribution in [0.3, 0.4) is 0 Å². The van der Waals surface area contributed by atoms with E-state index in [4.69, 9.17) is 39.5 Å². The molecule has 2 aromatic rings. The van der Waals surface area contributed by atoms with Crippen molar-refractivity contribution >= 4 is 64.1 Å². The molecule has 1 heterocycles. The van der Waals surface area contributed by atoms with Crippen molar-refractivity contribution in [3.63, 3.8) is 0 Å². The van der Waals surface area contributed by atoms with Gasteiger partial charge in [0.05, 0.1) is 28.9 Å². The zero-order valence-electron chi connectivity index (χ0n) is 15.6. The quantitative estimate of drug-likeness (QED) is 0.259. The van der Waals surface area contributed by atoms with Crippen LogP contribution >= 0.6 is 34.8 Å². The molecule has 154 valence electrons. The third kappa shape index (κ3) is 4.05. The summed E-state index contributed by atoms with van der Waals surface area (Å²) < 4.78 is 4.83. The standard InChI is InChI=1S/C20H13Cl3N2O5/c1-10-18(20(27)30-2)16(6-11-5-14(25(28)29)3-4-17(11)23)19(26)24(10)15-8-12(21)7-13(22)9-15/h3-9H,1-2H3/b16-6-. The van der Waals surface area contributed by atoms with E-state index < -0.39 is 16.8 Å². The van der Waals surface area contributed by atoms with Crippen LogP contribution < -0.4 is 4.90 Å². The van der Waals surface area contributed by atoms with Crippen LogP contribution in [0.5, 0.6) is 0 Å². The number of hydrogen-bond donors (Lipinski definition) is 0. The first-order valence-corrected chi connectivity index (χ1v) is 9.53. The highest BCUT2D eigenvalue weighted by atomic mass is 35.5. The molecule has 0 N–H and O–H groups in total. The number of nitro benzene ring substituents is 1. The maximum Gasteiger partial charge on any atom is 0.340 e. The van der Waals surface area contributed by atoms with Crippen LogP contribution in [-0.2, 0) is 14.3 Å². The van der Waals surface area contributed by atoms with Gasteiger partial charge in [-0.05, 0) is 37.3 Å². The van der Waals surface area contributed by atoms with Crippen molar-refractivity contribution in [1.82, 2.24) is 0 Å². The summed E-state index contributed by atoms with van der Waals surface area (Å²) in [6, 6.07) is 8.34. The molecule has 0 bridgehead atoms. The minimum Gasteiger partial charge on any atom is -0.465 e. The molecule has 7 nitrogen and oxygen atoms in total. The maximum absolute atomic E-state index is 13.2. The Morgan fingerprint density at radius 1 is 1.13 bits per heavy atom. The van der Waals surface area contributed by atoms with E-state index >= 15 is 0 Å². The zero-order chi connectivity index (χ0) is 22.2. The van der Waals surface area contributed by atoms with E-state index in [9.17, 15) is 19.7 Å². The Hall–Kier alpha value is -2.87. The first-order valence-electron chi connectivity index (χ1n) is 8.39. The molecule has 2 aromatic carbocycles. The van der Waals surface area contributed by atoms with Gasteiger partial charge in [-0.25, -0.2) is 4.79 Å². The summed E-state index contributed by atoms with van der Waals surface area (Å²) in [7, 11) is 1.18. The molecule has 1 aliphatic rings. The third-order valence-electron chi connectivity index (χ3n) is 4.39. The Balaban J connectivity index is 2.21. The van der Waals surface area contributed by atoms with Crippen LogP contribution in [0.4, 0.5) is 11.4 Å². The average Bonchev–Trinajstić information content (AvgIpc) is 2.91. The number of benzene rings is 2. The number of carbonyl (C=O) groups excluding carboxylic acids is 2. The summed E-state index contributed by atoms with van der Waals surface area (Å²) in [6.07, 6.45) is 1.32. The minimum absolute atomic E-state index is 0.00108. The Labute approximate surface area is 186 Å². The highest BCUT2D eigenvalue weighted by Crippen LogP contribution is 2.38. The van der Waals surface area contributed by atoms with E-state index in [1.165, 1.54) is 54.5 Å². The van der Waals surface area contributed by atoms with Gasteiger partial charge in [0.15, 0.2) is 0 Å². The second-order valence-electron chi connectivity index (χ2n) is 6.24. The minimum atomic E-state index is -0.746. The molecule has 0 atom stereocenters. The summed E-state index contributed by atoms with van der Waals surface area (Å²) in [6.45, 7) is 1.56. The molecule has 1 amide bonds. The van der Waals surface area contributed by atoms with E-state index in [-0.39, 0.29) is 33.1 Å². The predicted octanol–water partition coefficient (Wildman–Crippen LogP) is 5.43. The summed E-state index contributed by atoms with van der Waals surface area (Å²) in [5, 5.41) is 11.9. The fraction of sp³-hybridized carbons (Fsp3) is 0.100. The summed E-state index contributed by atoms with van der Waals surface area (Å²) in [4.78, 5) is 37.5. The highest BCUT2D eigenvalue weighted by molar-refractivity contribution is 6.35. The molecule has 0 aliphatic carbocycles. The molecule has 0 saturated carbocycles. The third-order valence-corrected chi connectivity index (χ3v) is 5.17. The monoisotopic (exact) mass is 466 g/mol. The van der Waals surface area contributed by atoms with Crippen molar-refractivity contribution in [1.29, 1.82) is 0 Å². The summed E-state index contributed by atoms with van der Waals surface area (Å²) >= 11 is 18.3. The normalized spacial score (nSPS) is 15.2. The Morgan fingerprint density at radius 3 is 2.33 bits per heavy atom. The highest BCUT2D eigenvalue weighted by Gasteiger charge is 2.38. The SMILES string of the molecule is COC(=O)C1=C(C)N(c2cc(Cl)cc(Cl)c2)C(=O)/C1=C\c1cc([N+](=O)[O-])ccc1Cl. The number of anilines is 1. The molecule has 0 spiro atoms. The summed E-state index contributed by atoms with van der Waals surface area (Å²) in [5.74, 6) is -1.31. The van der Waals surface area contributed by atoms with E-state index in [0.29, 0.717) is 15.7 Å². The van der Waals surface area contributed by atoms with Crippen molar-refractivity contribution < 1.29 is 19.2 Å². The number of esters is 1. The number of halogens is 3. The van der Waals surface area contributed by atoms with Gasteiger partial charge >= 0.3 is 5.97 Å². The molecule has 0 fully saturated rings. The predicted molar refractivity (Wildman–Crippen MR) is 115 cm³/mol.